The third kappa shape index (κ3) is 6.79. The second-order valence-electron chi connectivity index (χ2n) is 6.04. The summed E-state index contributed by atoms with van der Waals surface area (Å²) in [6, 6.07) is 4.76. The number of nitrogens with one attached hydrogen (secondary N) is 2. The molecule has 0 saturated heterocycles. The zero-order chi connectivity index (χ0) is 15.8. The number of hydrogen-bond donors (Lipinski definition) is 2. The molecule has 1 aromatic rings. The van der Waals surface area contributed by atoms with Gasteiger partial charge in [0, 0.05) is 35.4 Å². The summed E-state index contributed by atoms with van der Waals surface area (Å²) < 4.78 is 5.63. The highest BCUT2D eigenvalue weighted by Crippen LogP contribution is 2.28. The van der Waals surface area contributed by atoms with E-state index in [2.05, 4.69) is 48.5 Å². The zero-order valence-electron chi connectivity index (χ0n) is 14.0. The van der Waals surface area contributed by atoms with Gasteiger partial charge in [-0.05, 0) is 51.7 Å². The summed E-state index contributed by atoms with van der Waals surface area (Å²) in [5.74, 6) is 1.71. The number of thiophene rings is 1. The molecule has 1 saturated carbocycles. The van der Waals surface area contributed by atoms with Crippen LogP contribution in [0.1, 0.15) is 36.4 Å². The number of hydrogen-bond acceptors (Lipinski definition) is 3. The molecule has 0 spiro atoms. The van der Waals surface area contributed by atoms with Crippen LogP contribution in [-0.2, 0) is 11.2 Å². The van der Waals surface area contributed by atoms with Crippen LogP contribution in [0.3, 0.4) is 0 Å². The molecule has 4 nitrogen and oxygen atoms in total. The van der Waals surface area contributed by atoms with Crippen molar-refractivity contribution in [3.8, 4) is 0 Å². The first-order chi connectivity index (χ1) is 10.7. The van der Waals surface area contributed by atoms with Crippen molar-refractivity contribution in [1.82, 2.24) is 10.6 Å². The average molecular weight is 324 g/mol. The van der Waals surface area contributed by atoms with Crippen molar-refractivity contribution in [3.05, 3.63) is 21.9 Å². The van der Waals surface area contributed by atoms with Crippen LogP contribution in [0.4, 0.5) is 0 Å². The van der Waals surface area contributed by atoms with Gasteiger partial charge in [0.15, 0.2) is 5.96 Å². The van der Waals surface area contributed by atoms with Crippen molar-refractivity contribution < 1.29 is 4.74 Å². The summed E-state index contributed by atoms with van der Waals surface area (Å²) >= 11 is 1.87. The van der Waals surface area contributed by atoms with Gasteiger partial charge in [0.05, 0.1) is 13.2 Å². The molecule has 1 heterocycles. The second-order valence-corrected chi connectivity index (χ2v) is 7.41. The van der Waals surface area contributed by atoms with Crippen molar-refractivity contribution >= 4 is 17.3 Å². The number of aliphatic imine (C=N–C) groups is 1. The molecule has 1 atom stereocenters. The van der Waals surface area contributed by atoms with Crippen LogP contribution in [0.2, 0.25) is 0 Å². The zero-order valence-corrected chi connectivity index (χ0v) is 14.8. The first kappa shape index (κ1) is 17.3. The van der Waals surface area contributed by atoms with E-state index in [1.165, 1.54) is 22.6 Å². The molecule has 0 radical (unpaired) electrons. The third-order valence-electron chi connectivity index (χ3n) is 3.59. The molecule has 0 amide bonds. The normalized spacial score (nSPS) is 16.6. The van der Waals surface area contributed by atoms with Crippen molar-refractivity contribution in [2.75, 3.05) is 26.3 Å². The Hall–Kier alpha value is -1.07. The fourth-order valence-corrected chi connectivity index (χ4v) is 3.28. The molecule has 1 fully saturated rings. The molecule has 1 aliphatic rings. The van der Waals surface area contributed by atoms with E-state index in [1.807, 2.05) is 11.3 Å². The van der Waals surface area contributed by atoms with Crippen LogP contribution in [0.25, 0.3) is 0 Å². The van der Waals surface area contributed by atoms with Gasteiger partial charge in [-0.2, -0.15) is 0 Å². The predicted octanol–water partition coefficient (Wildman–Crippen LogP) is 2.97. The number of nitrogens with zero attached hydrogens (tertiary/aromatic N) is 1. The minimum atomic E-state index is 0.364. The predicted molar refractivity (Wildman–Crippen MR) is 94.9 cm³/mol. The van der Waals surface area contributed by atoms with E-state index in [-0.39, 0.29) is 0 Å². The van der Waals surface area contributed by atoms with Gasteiger partial charge < -0.3 is 15.4 Å². The molecule has 0 bridgehead atoms. The minimum absolute atomic E-state index is 0.364. The molecule has 1 unspecified atom stereocenters. The molecule has 0 aromatic carbocycles. The standard InChI is InChI=1S/C17H29N3OS/c1-4-18-17(19-9-10-21-12-15-6-7-15)20-13(2)11-16-8-5-14(3)22-16/h5,8,13,15H,4,6-7,9-12H2,1-3H3,(H2,18,19,20). The molecule has 124 valence electrons. The summed E-state index contributed by atoms with van der Waals surface area (Å²) in [6.45, 7) is 9.66. The Balaban J connectivity index is 1.70. The first-order valence-corrected chi connectivity index (χ1v) is 9.17. The van der Waals surface area contributed by atoms with Gasteiger partial charge in [-0.25, -0.2) is 0 Å². The lowest BCUT2D eigenvalue weighted by Gasteiger charge is -2.17. The van der Waals surface area contributed by atoms with E-state index in [0.29, 0.717) is 19.2 Å². The van der Waals surface area contributed by atoms with Crippen LogP contribution in [0.5, 0.6) is 0 Å². The van der Waals surface area contributed by atoms with Crippen LogP contribution >= 0.6 is 11.3 Å². The fourth-order valence-electron chi connectivity index (χ4n) is 2.26. The Morgan fingerprint density at radius 3 is 2.91 bits per heavy atom. The summed E-state index contributed by atoms with van der Waals surface area (Å²) in [5, 5.41) is 6.78. The highest BCUT2D eigenvalue weighted by atomic mass is 32.1. The highest BCUT2D eigenvalue weighted by molar-refractivity contribution is 7.11. The smallest absolute Gasteiger partial charge is 0.191 e. The maximum absolute atomic E-state index is 5.63. The Kier molecular flexibility index (Phi) is 7.19. The van der Waals surface area contributed by atoms with E-state index in [0.717, 1.165) is 31.4 Å². The molecular formula is C17H29N3OS. The van der Waals surface area contributed by atoms with E-state index < -0.39 is 0 Å². The van der Waals surface area contributed by atoms with Gasteiger partial charge in [-0.3, -0.25) is 4.99 Å². The molecule has 22 heavy (non-hydrogen) atoms. The largest absolute Gasteiger partial charge is 0.379 e. The Morgan fingerprint density at radius 1 is 1.45 bits per heavy atom. The number of rotatable bonds is 9. The Labute approximate surface area is 138 Å². The number of aryl methyl sites for hydroxylation is 1. The summed E-state index contributed by atoms with van der Waals surface area (Å²) in [6.07, 6.45) is 3.71. The van der Waals surface area contributed by atoms with Gasteiger partial charge in [-0.1, -0.05) is 0 Å². The van der Waals surface area contributed by atoms with Crippen LogP contribution < -0.4 is 10.6 Å². The topological polar surface area (TPSA) is 45.7 Å². The quantitative estimate of drug-likeness (QED) is 0.417. The fraction of sp³-hybridized carbons (Fsp3) is 0.706. The van der Waals surface area contributed by atoms with E-state index in [1.54, 1.807) is 0 Å². The molecule has 2 rings (SSSR count). The first-order valence-electron chi connectivity index (χ1n) is 8.35. The van der Waals surface area contributed by atoms with Crippen LogP contribution in [0, 0.1) is 12.8 Å². The van der Waals surface area contributed by atoms with Crippen molar-refractivity contribution in [3.63, 3.8) is 0 Å². The van der Waals surface area contributed by atoms with E-state index in [4.69, 9.17) is 4.74 Å². The average Bonchev–Trinajstić information content (AvgIpc) is 3.21. The van der Waals surface area contributed by atoms with Crippen LogP contribution in [0.15, 0.2) is 17.1 Å². The lowest BCUT2D eigenvalue weighted by molar-refractivity contribution is 0.131. The van der Waals surface area contributed by atoms with Crippen molar-refractivity contribution in [1.29, 1.82) is 0 Å². The Morgan fingerprint density at radius 2 is 2.27 bits per heavy atom. The molecule has 1 aliphatic carbocycles. The van der Waals surface area contributed by atoms with Gasteiger partial charge >= 0.3 is 0 Å². The summed E-state index contributed by atoms with van der Waals surface area (Å²) in [7, 11) is 0. The molecule has 2 N–H and O–H groups in total. The lowest BCUT2D eigenvalue weighted by atomic mass is 10.2. The maximum Gasteiger partial charge on any atom is 0.191 e. The maximum atomic E-state index is 5.63. The number of guanidine groups is 1. The van der Waals surface area contributed by atoms with Crippen molar-refractivity contribution in [2.24, 2.45) is 10.9 Å². The minimum Gasteiger partial charge on any atom is -0.379 e. The molecule has 1 aromatic heterocycles. The number of ether oxygens (including phenoxy) is 1. The van der Waals surface area contributed by atoms with Gasteiger partial charge in [0.2, 0.25) is 0 Å². The summed E-state index contributed by atoms with van der Waals surface area (Å²) in [4.78, 5) is 7.38. The SMILES string of the molecule is CCNC(=NCCOCC1CC1)NC(C)Cc1ccc(C)s1. The highest BCUT2D eigenvalue weighted by Gasteiger charge is 2.20. The van der Waals surface area contributed by atoms with Gasteiger partial charge in [-0.15, -0.1) is 11.3 Å². The van der Waals surface area contributed by atoms with Gasteiger partial charge in [0.1, 0.15) is 0 Å². The van der Waals surface area contributed by atoms with E-state index in [9.17, 15) is 0 Å². The second kappa shape index (κ2) is 9.16. The molecule has 5 heteroatoms. The summed E-state index contributed by atoms with van der Waals surface area (Å²) in [5.41, 5.74) is 0. The molecule has 0 aliphatic heterocycles. The molecular weight excluding hydrogens is 294 g/mol. The van der Waals surface area contributed by atoms with E-state index >= 15 is 0 Å². The third-order valence-corrected chi connectivity index (χ3v) is 4.61. The van der Waals surface area contributed by atoms with Crippen LogP contribution in [-0.4, -0.2) is 38.3 Å². The van der Waals surface area contributed by atoms with Gasteiger partial charge in [0.25, 0.3) is 0 Å². The Bertz CT molecular complexity index is 468. The monoisotopic (exact) mass is 323 g/mol. The van der Waals surface area contributed by atoms with Crippen molar-refractivity contribution in [2.45, 2.75) is 46.1 Å². The lowest BCUT2D eigenvalue weighted by Crippen LogP contribution is -2.43.